The molecule has 1 fully saturated rings. The Bertz CT molecular complexity index is 618. The molecule has 8 heteroatoms. The van der Waals surface area contributed by atoms with E-state index < -0.39 is 29.1 Å². The van der Waals surface area contributed by atoms with Gasteiger partial charge in [0.15, 0.2) is 6.04 Å². The van der Waals surface area contributed by atoms with E-state index in [-0.39, 0.29) is 12.2 Å². The van der Waals surface area contributed by atoms with Crippen LogP contribution in [0.3, 0.4) is 0 Å². The number of non-ortho nitro benzene ring substituents is 1. The number of hydrogen-bond acceptors (Lipinski definition) is 6. The van der Waals surface area contributed by atoms with E-state index in [1.54, 1.807) is 6.07 Å². The minimum absolute atomic E-state index is 0.0422. The van der Waals surface area contributed by atoms with Gasteiger partial charge in [0.25, 0.3) is 5.69 Å². The van der Waals surface area contributed by atoms with Crippen LogP contribution in [0.4, 0.5) is 10.5 Å². The van der Waals surface area contributed by atoms with Crippen LogP contribution in [0, 0.1) is 10.1 Å². The van der Waals surface area contributed by atoms with Gasteiger partial charge in [0, 0.05) is 12.1 Å². The Hall–Kier alpha value is -2.64. The van der Waals surface area contributed by atoms with Crippen molar-refractivity contribution < 1.29 is 24.0 Å². The molecule has 1 aromatic carbocycles. The highest BCUT2D eigenvalue weighted by Gasteiger charge is 2.46. The number of carbonyl (C=O) groups is 2. The number of nitro groups is 1. The third kappa shape index (κ3) is 3.58. The smallest absolute Gasteiger partial charge is 0.411 e. The van der Waals surface area contributed by atoms with Crippen LogP contribution in [-0.2, 0) is 20.8 Å². The number of rotatable bonds is 6. The Morgan fingerprint density at radius 2 is 2.22 bits per heavy atom. The molecule has 23 heavy (non-hydrogen) atoms. The van der Waals surface area contributed by atoms with Gasteiger partial charge in [-0.1, -0.05) is 25.5 Å². The highest BCUT2D eigenvalue weighted by atomic mass is 16.6. The van der Waals surface area contributed by atoms with Gasteiger partial charge in [-0.2, -0.15) is 0 Å². The number of esters is 1. The molecule has 1 aromatic rings. The standard InChI is InChI=1S/C15H18N2O6/c1-3-5-12-13(14(18)22-2)16(15(19)23-12)9-10-6-4-7-11(8-10)17(20)21/h4,6-8,12-13H,3,5,9H2,1-2H3/t12-,13+/m0/s1. The van der Waals surface area contributed by atoms with Crippen molar-refractivity contribution in [3.05, 3.63) is 39.9 Å². The lowest BCUT2D eigenvalue weighted by Crippen LogP contribution is -2.43. The molecule has 0 spiro atoms. The molecule has 0 aliphatic carbocycles. The van der Waals surface area contributed by atoms with Crippen LogP contribution in [0.5, 0.6) is 0 Å². The number of cyclic esters (lactones) is 1. The van der Waals surface area contributed by atoms with Gasteiger partial charge in [0.05, 0.1) is 18.6 Å². The summed E-state index contributed by atoms with van der Waals surface area (Å²) in [6, 6.07) is 5.08. The molecule has 0 N–H and O–H groups in total. The second-order valence-electron chi connectivity index (χ2n) is 5.23. The number of benzene rings is 1. The lowest BCUT2D eigenvalue weighted by molar-refractivity contribution is -0.384. The maximum Gasteiger partial charge on any atom is 0.411 e. The van der Waals surface area contributed by atoms with E-state index in [0.29, 0.717) is 12.0 Å². The van der Waals surface area contributed by atoms with Crippen LogP contribution in [0.2, 0.25) is 0 Å². The number of nitro benzene ring substituents is 1. The summed E-state index contributed by atoms with van der Waals surface area (Å²) in [5, 5.41) is 10.8. The Balaban J connectivity index is 2.25. The van der Waals surface area contributed by atoms with E-state index in [2.05, 4.69) is 0 Å². The predicted molar refractivity (Wildman–Crippen MR) is 79.6 cm³/mol. The number of methoxy groups -OCH3 is 1. The third-order valence-electron chi connectivity index (χ3n) is 3.66. The van der Waals surface area contributed by atoms with Crippen LogP contribution >= 0.6 is 0 Å². The molecule has 0 saturated carbocycles. The minimum Gasteiger partial charge on any atom is -0.467 e. The van der Waals surface area contributed by atoms with E-state index in [1.807, 2.05) is 6.92 Å². The van der Waals surface area contributed by atoms with Gasteiger partial charge in [-0.05, 0) is 12.0 Å². The molecule has 0 radical (unpaired) electrons. The lowest BCUT2D eigenvalue weighted by Gasteiger charge is -2.22. The summed E-state index contributed by atoms with van der Waals surface area (Å²) >= 11 is 0. The third-order valence-corrected chi connectivity index (χ3v) is 3.66. The van der Waals surface area contributed by atoms with Crippen LogP contribution in [-0.4, -0.2) is 41.1 Å². The number of hydrogen-bond donors (Lipinski definition) is 0. The zero-order chi connectivity index (χ0) is 17.0. The molecule has 0 aromatic heterocycles. The molecule has 1 heterocycles. The first kappa shape index (κ1) is 16.7. The maximum absolute atomic E-state index is 12.1. The fraction of sp³-hybridized carbons (Fsp3) is 0.467. The summed E-state index contributed by atoms with van der Waals surface area (Å²) in [6.07, 6.45) is 0.0940. The molecule has 124 valence electrons. The first-order valence-corrected chi connectivity index (χ1v) is 7.26. The van der Waals surface area contributed by atoms with Crippen molar-refractivity contribution in [2.24, 2.45) is 0 Å². The van der Waals surface area contributed by atoms with Crippen molar-refractivity contribution in [3.8, 4) is 0 Å². The van der Waals surface area contributed by atoms with Gasteiger partial charge >= 0.3 is 12.1 Å². The summed E-state index contributed by atoms with van der Waals surface area (Å²) in [5.41, 5.74) is 0.469. The first-order chi connectivity index (χ1) is 11.0. The zero-order valence-electron chi connectivity index (χ0n) is 12.9. The van der Waals surface area contributed by atoms with Crippen LogP contribution in [0.25, 0.3) is 0 Å². The second kappa shape index (κ2) is 7.08. The fourth-order valence-electron chi connectivity index (χ4n) is 2.60. The number of ether oxygens (including phenoxy) is 2. The topological polar surface area (TPSA) is 99.0 Å². The molecule has 1 aliphatic rings. The highest BCUT2D eigenvalue weighted by Crippen LogP contribution is 2.27. The largest absolute Gasteiger partial charge is 0.467 e. The average molecular weight is 322 g/mol. The van der Waals surface area contributed by atoms with Crippen molar-refractivity contribution >= 4 is 17.7 Å². The Labute approximate surface area is 133 Å². The summed E-state index contributed by atoms with van der Waals surface area (Å²) in [6.45, 7) is 1.96. The van der Waals surface area contributed by atoms with Gasteiger partial charge in [0.1, 0.15) is 6.10 Å². The van der Waals surface area contributed by atoms with E-state index in [4.69, 9.17) is 9.47 Å². The van der Waals surface area contributed by atoms with Gasteiger partial charge in [-0.15, -0.1) is 0 Å². The summed E-state index contributed by atoms with van der Waals surface area (Å²) in [7, 11) is 1.25. The molecule has 1 saturated heterocycles. The predicted octanol–water partition coefficient (Wildman–Crippen LogP) is 2.26. The molecule has 2 atom stereocenters. The molecular weight excluding hydrogens is 304 g/mol. The number of amides is 1. The van der Waals surface area contributed by atoms with Crippen molar-refractivity contribution in [3.63, 3.8) is 0 Å². The second-order valence-corrected chi connectivity index (χ2v) is 5.23. The quantitative estimate of drug-likeness (QED) is 0.452. The van der Waals surface area contributed by atoms with Crippen LogP contribution < -0.4 is 0 Å². The van der Waals surface area contributed by atoms with Gasteiger partial charge in [0.2, 0.25) is 0 Å². The van der Waals surface area contributed by atoms with Crippen LogP contribution in [0.15, 0.2) is 24.3 Å². The van der Waals surface area contributed by atoms with Crippen molar-refractivity contribution in [2.45, 2.75) is 38.5 Å². The van der Waals surface area contributed by atoms with E-state index in [1.165, 1.54) is 30.2 Å². The zero-order valence-corrected chi connectivity index (χ0v) is 12.9. The average Bonchev–Trinajstić information content (AvgIpc) is 2.83. The summed E-state index contributed by atoms with van der Waals surface area (Å²) < 4.78 is 10.0. The summed E-state index contributed by atoms with van der Waals surface area (Å²) in [5.74, 6) is -0.556. The van der Waals surface area contributed by atoms with Gasteiger partial charge in [-0.3, -0.25) is 15.0 Å². The van der Waals surface area contributed by atoms with Crippen LogP contribution in [0.1, 0.15) is 25.3 Å². The fourth-order valence-corrected chi connectivity index (χ4v) is 2.60. The molecule has 8 nitrogen and oxygen atoms in total. The lowest BCUT2D eigenvalue weighted by atomic mass is 10.1. The molecule has 1 aliphatic heterocycles. The monoisotopic (exact) mass is 322 g/mol. The number of carbonyl (C=O) groups excluding carboxylic acids is 2. The Morgan fingerprint density at radius 3 is 2.83 bits per heavy atom. The van der Waals surface area contributed by atoms with Crippen molar-refractivity contribution in [1.82, 2.24) is 4.90 Å². The Morgan fingerprint density at radius 1 is 1.48 bits per heavy atom. The van der Waals surface area contributed by atoms with E-state index in [9.17, 15) is 19.7 Å². The minimum atomic E-state index is -0.841. The molecule has 2 rings (SSSR count). The summed E-state index contributed by atoms with van der Waals surface area (Å²) in [4.78, 5) is 35.7. The Kier molecular flexibility index (Phi) is 5.15. The first-order valence-electron chi connectivity index (χ1n) is 7.26. The van der Waals surface area contributed by atoms with Gasteiger partial charge in [-0.25, -0.2) is 9.59 Å². The molecule has 0 unspecified atom stereocenters. The normalized spacial score (nSPS) is 20.3. The SMILES string of the molecule is CCC[C@@H]1OC(=O)N(Cc2cccc([N+](=O)[O-])c2)[C@H]1C(=O)OC. The highest BCUT2D eigenvalue weighted by molar-refractivity contribution is 5.85. The van der Waals surface area contributed by atoms with E-state index >= 15 is 0 Å². The molecular formula is C15H18N2O6. The van der Waals surface area contributed by atoms with Gasteiger partial charge < -0.3 is 9.47 Å². The maximum atomic E-state index is 12.1. The molecule has 0 bridgehead atoms. The number of nitrogens with zero attached hydrogens (tertiary/aromatic N) is 2. The van der Waals surface area contributed by atoms with Crippen molar-refractivity contribution in [2.75, 3.05) is 7.11 Å². The molecule has 1 amide bonds. The van der Waals surface area contributed by atoms with Crippen molar-refractivity contribution in [1.29, 1.82) is 0 Å². The van der Waals surface area contributed by atoms with E-state index in [0.717, 1.165) is 6.42 Å².